The highest BCUT2D eigenvalue weighted by atomic mass is 16.1. The molecule has 126 valence electrons. The van der Waals surface area contributed by atoms with E-state index in [0.717, 1.165) is 36.2 Å². The van der Waals surface area contributed by atoms with Gasteiger partial charge in [0.2, 0.25) is 0 Å². The minimum atomic E-state index is -0.125. The van der Waals surface area contributed by atoms with Crippen molar-refractivity contribution in [2.24, 2.45) is 7.05 Å². The smallest absolute Gasteiger partial charge is 0.254 e. The molecule has 1 amide bonds. The summed E-state index contributed by atoms with van der Waals surface area (Å²) in [6, 6.07) is 5.61. The van der Waals surface area contributed by atoms with Gasteiger partial charge < -0.3 is 5.32 Å². The van der Waals surface area contributed by atoms with E-state index in [2.05, 4.69) is 25.4 Å². The van der Waals surface area contributed by atoms with Crippen molar-refractivity contribution in [3.63, 3.8) is 0 Å². The zero-order chi connectivity index (χ0) is 17.2. The van der Waals surface area contributed by atoms with Gasteiger partial charge in [-0.2, -0.15) is 5.10 Å². The maximum Gasteiger partial charge on any atom is 0.254 e. The van der Waals surface area contributed by atoms with E-state index < -0.39 is 0 Å². The molecule has 1 N–H and O–H groups in total. The van der Waals surface area contributed by atoms with Crippen molar-refractivity contribution in [2.75, 3.05) is 0 Å². The maximum atomic E-state index is 12.4. The Morgan fingerprint density at radius 3 is 2.96 bits per heavy atom. The first-order valence-electron chi connectivity index (χ1n) is 8.27. The van der Waals surface area contributed by atoms with Crippen LogP contribution in [0.5, 0.6) is 0 Å². The largest absolute Gasteiger partial charge is 0.345 e. The molecule has 0 unspecified atom stereocenters. The van der Waals surface area contributed by atoms with E-state index in [4.69, 9.17) is 0 Å². The fraction of sp³-hybridized carbons (Fsp3) is 0.278. The Balaban J connectivity index is 1.59. The first kappa shape index (κ1) is 15.4. The topological polar surface area (TPSA) is 85.6 Å². The Morgan fingerprint density at radius 2 is 2.20 bits per heavy atom. The zero-order valence-electron chi connectivity index (χ0n) is 13.9. The third-order valence-electron chi connectivity index (χ3n) is 4.35. The number of nitrogens with one attached hydrogen (secondary N) is 1. The monoisotopic (exact) mass is 334 g/mol. The minimum Gasteiger partial charge on any atom is -0.345 e. The number of carbonyl (C=O) groups excluding carboxylic acids is 1. The Morgan fingerprint density at radius 1 is 1.28 bits per heavy atom. The van der Waals surface area contributed by atoms with Gasteiger partial charge in [0.05, 0.1) is 17.8 Å². The molecule has 1 aliphatic carbocycles. The summed E-state index contributed by atoms with van der Waals surface area (Å²) in [5.41, 5.74) is 3.29. The van der Waals surface area contributed by atoms with Gasteiger partial charge in [0.15, 0.2) is 5.82 Å². The summed E-state index contributed by atoms with van der Waals surface area (Å²) in [6.45, 7) is 0. The third-order valence-corrected chi connectivity index (χ3v) is 4.35. The first-order chi connectivity index (χ1) is 12.2. The molecule has 1 atom stereocenters. The molecule has 0 aromatic carbocycles. The SMILES string of the molecule is Cn1cc(C(=O)N[C@H]2CCCc3nc(-c4ccccn4)ncc32)cn1. The van der Waals surface area contributed by atoms with Crippen molar-refractivity contribution >= 4 is 5.91 Å². The fourth-order valence-electron chi connectivity index (χ4n) is 3.10. The van der Waals surface area contributed by atoms with Gasteiger partial charge in [-0.1, -0.05) is 6.07 Å². The molecule has 25 heavy (non-hydrogen) atoms. The second-order valence-corrected chi connectivity index (χ2v) is 6.13. The van der Waals surface area contributed by atoms with E-state index in [1.165, 1.54) is 0 Å². The first-order valence-corrected chi connectivity index (χ1v) is 8.27. The van der Waals surface area contributed by atoms with Crippen molar-refractivity contribution in [1.82, 2.24) is 30.0 Å². The van der Waals surface area contributed by atoms with Crippen molar-refractivity contribution in [3.05, 3.63) is 59.8 Å². The van der Waals surface area contributed by atoms with Crippen LogP contribution in [0.15, 0.2) is 43.0 Å². The second-order valence-electron chi connectivity index (χ2n) is 6.13. The van der Waals surface area contributed by atoms with Gasteiger partial charge in [0, 0.05) is 36.9 Å². The summed E-state index contributed by atoms with van der Waals surface area (Å²) in [4.78, 5) is 25.8. The minimum absolute atomic E-state index is 0.0748. The number of aryl methyl sites for hydroxylation is 2. The molecule has 0 spiro atoms. The quantitative estimate of drug-likeness (QED) is 0.792. The molecular weight excluding hydrogens is 316 g/mol. The summed E-state index contributed by atoms with van der Waals surface area (Å²) in [6.07, 6.45) is 9.57. The van der Waals surface area contributed by atoms with Crippen molar-refractivity contribution in [3.8, 4) is 11.5 Å². The summed E-state index contributed by atoms with van der Waals surface area (Å²) in [7, 11) is 1.79. The Hall–Kier alpha value is -3.09. The molecule has 7 nitrogen and oxygen atoms in total. The van der Waals surface area contributed by atoms with E-state index in [0.29, 0.717) is 11.4 Å². The molecule has 0 aliphatic heterocycles. The number of aromatic nitrogens is 5. The normalized spacial score (nSPS) is 16.3. The number of hydrogen-bond donors (Lipinski definition) is 1. The maximum absolute atomic E-state index is 12.4. The Bertz CT molecular complexity index is 905. The number of amides is 1. The number of hydrogen-bond acceptors (Lipinski definition) is 5. The average Bonchev–Trinajstić information content (AvgIpc) is 3.09. The van der Waals surface area contributed by atoms with Crippen LogP contribution >= 0.6 is 0 Å². The standard InChI is InChI=1S/C18H18N6O/c1-24-11-12(9-21-24)18(25)23-15-7-4-6-14-13(15)10-20-17(22-14)16-5-2-3-8-19-16/h2-3,5,8-11,15H,4,6-7H2,1H3,(H,23,25)/t15-/m0/s1. The zero-order valence-corrected chi connectivity index (χ0v) is 13.9. The van der Waals surface area contributed by atoms with Crippen LogP contribution in [0.4, 0.5) is 0 Å². The summed E-state index contributed by atoms with van der Waals surface area (Å²) in [5.74, 6) is 0.498. The van der Waals surface area contributed by atoms with Crippen LogP contribution in [0.1, 0.15) is 40.5 Å². The van der Waals surface area contributed by atoms with Gasteiger partial charge in [-0.05, 0) is 31.4 Å². The predicted molar refractivity (Wildman–Crippen MR) is 91.6 cm³/mol. The number of pyridine rings is 1. The van der Waals surface area contributed by atoms with Gasteiger partial charge in [-0.3, -0.25) is 14.5 Å². The van der Waals surface area contributed by atoms with Crippen LogP contribution < -0.4 is 5.32 Å². The molecule has 1 aliphatic rings. The molecule has 0 fully saturated rings. The molecule has 3 heterocycles. The summed E-state index contributed by atoms with van der Waals surface area (Å²) >= 11 is 0. The molecule has 0 bridgehead atoms. The molecule has 4 rings (SSSR count). The lowest BCUT2D eigenvalue weighted by Gasteiger charge is -2.25. The van der Waals surface area contributed by atoms with Gasteiger partial charge in [-0.25, -0.2) is 9.97 Å². The molecular formula is C18H18N6O. The molecule has 7 heteroatoms. The molecule has 3 aromatic heterocycles. The predicted octanol–water partition coefficient (Wildman–Crippen LogP) is 2.08. The number of carbonyl (C=O) groups is 1. The van der Waals surface area contributed by atoms with Crippen LogP contribution in [0.3, 0.4) is 0 Å². The lowest BCUT2D eigenvalue weighted by molar-refractivity contribution is 0.0932. The lowest BCUT2D eigenvalue weighted by atomic mass is 9.92. The number of rotatable bonds is 3. The van der Waals surface area contributed by atoms with E-state index in [1.807, 2.05) is 24.4 Å². The van der Waals surface area contributed by atoms with E-state index in [-0.39, 0.29) is 11.9 Å². The number of nitrogens with zero attached hydrogens (tertiary/aromatic N) is 5. The van der Waals surface area contributed by atoms with Crippen molar-refractivity contribution in [1.29, 1.82) is 0 Å². The third kappa shape index (κ3) is 3.13. The molecule has 3 aromatic rings. The summed E-state index contributed by atoms with van der Waals surface area (Å²) < 4.78 is 1.62. The van der Waals surface area contributed by atoms with Gasteiger partial charge in [-0.15, -0.1) is 0 Å². The van der Waals surface area contributed by atoms with Crippen LogP contribution in [-0.4, -0.2) is 30.6 Å². The Labute approximate surface area is 145 Å². The van der Waals surface area contributed by atoms with Crippen molar-refractivity contribution in [2.45, 2.75) is 25.3 Å². The van der Waals surface area contributed by atoms with E-state index in [9.17, 15) is 4.79 Å². The highest BCUT2D eigenvalue weighted by Gasteiger charge is 2.24. The van der Waals surface area contributed by atoms with Gasteiger partial charge in [0.25, 0.3) is 5.91 Å². The van der Waals surface area contributed by atoms with E-state index >= 15 is 0 Å². The summed E-state index contributed by atoms with van der Waals surface area (Å²) in [5, 5.41) is 7.12. The van der Waals surface area contributed by atoms with Crippen LogP contribution in [0.25, 0.3) is 11.5 Å². The highest BCUT2D eigenvalue weighted by molar-refractivity contribution is 5.94. The Kier molecular flexibility index (Phi) is 3.97. The van der Waals surface area contributed by atoms with Crippen LogP contribution in [0, 0.1) is 0 Å². The lowest BCUT2D eigenvalue weighted by Crippen LogP contribution is -2.31. The molecule has 0 saturated heterocycles. The number of fused-ring (bicyclic) bond motifs is 1. The van der Waals surface area contributed by atoms with E-state index in [1.54, 1.807) is 30.3 Å². The average molecular weight is 334 g/mol. The van der Waals surface area contributed by atoms with Gasteiger partial charge in [0.1, 0.15) is 5.69 Å². The van der Waals surface area contributed by atoms with Crippen LogP contribution in [0.2, 0.25) is 0 Å². The highest BCUT2D eigenvalue weighted by Crippen LogP contribution is 2.29. The van der Waals surface area contributed by atoms with Crippen molar-refractivity contribution < 1.29 is 4.79 Å². The van der Waals surface area contributed by atoms with Crippen LogP contribution in [-0.2, 0) is 13.5 Å². The molecule has 0 saturated carbocycles. The van der Waals surface area contributed by atoms with Gasteiger partial charge >= 0.3 is 0 Å². The molecule has 0 radical (unpaired) electrons. The fourth-order valence-corrected chi connectivity index (χ4v) is 3.10. The second kappa shape index (κ2) is 6.43.